The highest BCUT2D eigenvalue weighted by molar-refractivity contribution is 5.93. The monoisotopic (exact) mass is 341 g/mol. The first-order chi connectivity index (χ1) is 12.1. The molecule has 0 atom stereocenters. The van der Waals surface area contributed by atoms with Crippen LogP contribution in [-0.2, 0) is 4.74 Å². The summed E-state index contributed by atoms with van der Waals surface area (Å²) in [6.45, 7) is 0.758. The Labute approximate surface area is 144 Å². The third-order valence-electron chi connectivity index (χ3n) is 4.06. The van der Waals surface area contributed by atoms with Crippen molar-refractivity contribution in [1.29, 1.82) is 0 Å². The standard InChI is InChI=1S/C19H19NO5/c21-8-2-10-25-9-1-3-13-4-7-17-15(11-13)18(22)16(19(23)24)12-20(17)14-5-6-14/h4,7,11-12,14,21H,2,5-6,8-10H2,(H,23,24). The van der Waals surface area contributed by atoms with Gasteiger partial charge in [0.1, 0.15) is 12.2 Å². The van der Waals surface area contributed by atoms with Gasteiger partial charge in [-0.3, -0.25) is 4.79 Å². The number of hydrogen-bond acceptors (Lipinski definition) is 4. The summed E-state index contributed by atoms with van der Waals surface area (Å²) in [5, 5.41) is 18.3. The molecule has 0 amide bonds. The highest BCUT2D eigenvalue weighted by Gasteiger charge is 2.26. The van der Waals surface area contributed by atoms with Crippen LogP contribution in [0.15, 0.2) is 29.2 Å². The first kappa shape index (κ1) is 17.2. The molecule has 1 aromatic carbocycles. The zero-order chi connectivity index (χ0) is 17.8. The minimum atomic E-state index is -1.21. The van der Waals surface area contributed by atoms with Crippen molar-refractivity contribution in [3.05, 3.63) is 45.7 Å². The summed E-state index contributed by atoms with van der Waals surface area (Å²) in [5.74, 6) is 4.56. The van der Waals surface area contributed by atoms with Crippen molar-refractivity contribution < 1.29 is 19.7 Å². The van der Waals surface area contributed by atoms with Crippen LogP contribution < -0.4 is 5.43 Å². The van der Waals surface area contributed by atoms with Crippen molar-refractivity contribution >= 4 is 16.9 Å². The van der Waals surface area contributed by atoms with Crippen LogP contribution in [0.3, 0.4) is 0 Å². The smallest absolute Gasteiger partial charge is 0.341 e. The molecule has 2 N–H and O–H groups in total. The largest absolute Gasteiger partial charge is 0.477 e. The summed E-state index contributed by atoms with van der Waals surface area (Å²) in [4.78, 5) is 23.8. The molecule has 3 rings (SSSR count). The molecule has 1 heterocycles. The van der Waals surface area contributed by atoms with Crippen LogP contribution in [0.4, 0.5) is 0 Å². The second-order valence-electron chi connectivity index (χ2n) is 5.98. The normalized spacial score (nSPS) is 13.5. The molecule has 130 valence electrons. The Hall–Kier alpha value is -2.62. The number of aromatic carboxylic acids is 1. The average molecular weight is 341 g/mol. The van der Waals surface area contributed by atoms with Crippen LogP contribution >= 0.6 is 0 Å². The molecule has 0 spiro atoms. The second-order valence-corrected chi connectivity index (χ2v) is 5.98. The topological polar surface area (TPSA) is 88.8 Å². The fourth-order valence-corrected chi connectivity index (χ4v) is 2.67. The fraction of sp³-hybridized carbons (Fsp3) is 0.368. The van der Waals surface area contributed by atoms with E-state index in [0.717, 1.165) is 18.4 Å². The molecule has 6 heteroatoms. The number of pyridine rings is 1. The van der Waals surface area contributed by atoms with Crippen molar-refractivity contribution in [2.24, 2.45) is 0 Å². The van der Waals surface area contributed by atoms with E-state index in [4.69, 9.17) is 9.84 Å². The molecule has 0 unspecified atom stereocenters. The van der Waals surface area contributed by atoms with Crippen LogP contribution in [0.2, 0.25) is 0 Å². The third kappa shape index (κ3) is 3.90. The van der Waals surface area contributed by atoms with Crippen LogP contribution in [-0.4, -0.2) is 40.6 Å². The van der Waals surface area contributed by atoms with E-state index in [1.54, 1.807) is 6.07 Å². The number of aliphatic hydroxyl groups excluding tert-OH is 1. The highest BCUT2D eigenvalue weighted by Crippen LogP contribution is 2.36. The maximum Gasteiger partial charge on any atom is 0.341 e. The molecule has 1 aliphatic rings. The number of carbonyl (C=O) groups is 1. The minimum Gasteiger partial charge on any atom is -0.477 e. The molecule has 1 aromatic heterocycles. The zero-order valence-corrected chi connectivity index (χ0v) is 13.7. The van der Waals surface area contributed by atoms with Crippen molar-refractivity contribution in [2.45, 2.75) is 25.3 Å². The van der Waals surface area contributed by atoms with Crippen LogP contribution in [0.1, 0.15) is 41.2 Å². The number of benzene rings is 1. The van der Waals surface area contributed by atoms with E-state index in [0.29, 0.717) is 24.0 Å². The summed E-state index contributed by atoms with van der Waals surface area (Å²) in [6.07, 6.45) is 3.99. The number of aliphatic hydroxyl groups is 1. The summed E-state index contributed by atoms with van der Waals surface area (Å²) in [6, 6.07) is 5.54. The number of nitrogens with zero attached hydrogens (tertiary/aromatic N) is 1. The van der Waals surface area contributed by atoms with Crippen molar-refractivity contribution in [2.75, 3.05) is 19.8 Å². The molecular weight excluding hydrogens is 322 g/mol. The van der Waals surface area contributed by atoms with E-state index >= 15 is 0 Å². The highest BCUT2D eigenvalue weighted by atomic mass is 16.5. The predicted octanol–water partition coefficient (Wildman–Crippen LogP) is 1.79. The van der Waals surface area contributed by atoms with E-state index in [1.165, 1.54) is 6.20 Å². The van der Waals surface area contributed by atoms with Crippen LogP contribution in [0.25, 0.3) is 10.9 Å². The van der Waals surface area contributed by atoms with Gasteiger partial charge in [0.25, 0.3) is 0 Å². The quantitative estimate of drug-likeness (QED) is 0.618. The lowest BCUT2D eigenvalue weighted by atomic mass is 10.1. The molecule has 0 aliphatic heterocycles. The Bertz CT molecular complexity index is 915. The molecule has 0 radical (unpaired) electrons. The number of aromatic nitrogens is 1. The molecule has 25 heavy (non-hydrogen) atoms. The summed E-state index contributed by atoms with van der Waals surface area (Å²) in [5.41, 5.74) is 0.682. The molecule has 1 fully saturated rings. The Morgan fingerprint density at radius 2 is 2.16 bits per heavy atom. The van der Waals surface area contributed by atoms with Gasteiger partial charge in [0.2, 0.25) is 5.43 Å². The molecule has 0 bridgehead atoms. The lowest BCUT2D eigenvalue weighted by Crippen LogP contribution is -2.18. The summed E-state index contributed by atoms with van der Waals surface area (Å²) >= 11 is 0. The van der Waals surface area contributed by atoms with Gasteiger partial charge in [-0.1, -0.05) is 11.8 Å². The molecule has 1 aliphatic carbocycles. The first-order valence-electron chi connectivity index (χ1n) is 8.21. The number of fused-ring (bicyclic) bond motifs is 1. The van der Waals surface area contributed by atoms with E-state index in [2.05, 4.69) is 11.8 Å². The van der Waals surface area contributed by atoms with Crippen molar-refractivity contribution in [3.8, 4) is 11.8 Å². The Morgan fingerprint density at radius 1 is 1.36 bits per heavy atom. The molecular formula is C19H19NO5. The Morgan fingerprint density at radius 3 is 2.84 bits per heavy atom. The van der Waals surface area contributed by atoms with Gasteiger partial charge >= 0.3 is 5.97 Å². The fourth-order valence-electron chi connectivity index (χ4n) is 2.67. The maximum absolute atomic E-state index is 12.5. The number of hydrogen-bond donors (Lipinski definition) is 2. The summed E-state index contributed by atoms with van der Waals surface area (Å²) in [7, 11) is 0. The SMILES string of the molecule is O=C(O)c1cn(C2CC2)c2ccc(C#CCOCCCO)cc2c1=O. The van der Waals surface area contributed by atoms with Gasteiger partial charge in [0.15, 0.2) is 0 Å². The predicted molar refractivity (Wildman–Crippen MR) is 92.8 cm³/mol. The lowest BCUT2D eigenvalue weighted by Gasteiger charge is -2.11. The Kier molecular flexibility index (Phi) is 5.17. The third-order valence-corrected chi connectivity index (χ3v) is 4.06. The van der Waals surface area contributed by atoms with Crippen LogP contribution in [0.5, 0.6) is 0 Å². The molecule has 1 saturated carbocycles. The van der Waals surface area contributed by atoms with Crippen molar-refractivity contribution in [1.82, 2.24) is 4.57 Å². The zero-order valence-electron chi connectivity index (χ0n) is 13.7. The van der Waals surface area contributed by atoms with Gasteiger partial charge in [-0.05, 0) is 37.5 Å². The van der Waals surface area contributed by atoms with Gasteiger partial charge in [0.05, 0.1) is 12.1 Å². The van der Waals surface area contributed by atoms with Gasteiger partial charge in [-0.15, -0.1) is 0 Å². The molecule has 2 aromatic rings. The van der Waals surface area contributed by atoms with Gasteiger partial charge < -0.3 is 19.5 Å². The Balaban J connectivity index is 1.93. The van der Waals surface area contributed by atoms with Crippen molar-refractivity contribution in [3.63, 3.8) is 0 Å². The minimum absolute atomic E-state index is 0.0806. The van der Waals surface area contributed by atoms with Crippen LogP contribution in [0, 0.1) is 11.8 Å². The summed E-state index contributed by atoms with van der Waals surface area (Å²) < 4.78 is 7.12. The van der Waals surface area contributed by atoms with Gasteiger partial charge in [-0.2, -0.15) is 0 Å². The average Bonchev–Trinajstić information content (AvgIpc) is 3.43. The molecule has 0 saturated heterocycles. The van der Waals surface area contributed by atoms with E-state index in [-0.39, 0.29) is 24.8 Å². The maximum atomic E-state index is 12.5. The van der Waals surface area contributed by atoms with E-state index < -0.39 is 11.4 Å². The number of ether oxygens (including phenoxy) is 1. The van der Waals surface area contributed by atoms with Gasteiger partial charge in [0, 0.05) is 29.8 Å². The van der Waals surface area contributed by atoms with Gasteiger partial charge in [-0.25, -0.2) is 4.79 Å². The van der Waals surface area contributed by atoms with E-state index in [1.807, 2.05) is 16.7 Å². The molecule has 6 nitrogen and oxygen atoms in total. The second kappa shape index (κ2) is 7.51. The number of carboxylic acids is 1. The first-order valence-corrected chi connectivity index (χ1v) is 8.21. The number of rotatable bonds is 6. The lowest BCUT2D eigenvalue weighted by molar-refractivity contribution is 0.0695. The van der Waals surface area contributed by atoms with E-state index in [9.17, 15) is 14.7 Å². The number of carboxylic acid groups (broad SMARTS) is 1.